The molecule has 5 aromatic rings. The Morgan fingerprint density at radius 3 is 2.62 bits per heavy atom. The number of nitrogens with one attached hydrogen (secondary N) is 1. The van der Waals surface area contributed by atoms with Gasteiger partial charge >= 0.3 is 6.01 Å². The van der Waals surface area contributed by atoms with Crippen LogP contribution in [0.2, 0.25) is 0 Å². The molecule has 15 heteroatoms. The first-order valence-electron chi connectivity index (χ1n) is 20.2. The van der Waals surface area contributed by atoms with Gasteiger partial charge in [-0.15, -0.1) is 6.42 Å². The van der Waals surface area contributed by atoms with E-state index in [0.717, 1.165) is 58.2 Å². The van der Waals surface area contributed by atoms with Crippen molar-refractivity contribution in [2.45, 2.75) is 70.0 Å². The number of benzene rings is 2. The third kappa shape index (κ3) is 7.58. The number of piperazine rings is 1. The van der Waals surface area contributed by atoms with Gasteiger partial charge in [-0.05, 0) is 93.2 Å². The number of hydrogen-bond acceptors (Lipinski definition) is 12. The summed E-state index contributed by atoms with van der Waals surface area (Å²) in [6.07, 6.45) is 13.4. The molecule has 1 amide bonds. The van der Waals surface area contributed by atoms with Gasteiger partial charge in [0.15, 0.2) is 5.82 Å². The van der Waals surface area contributed by atoms with Crippen molar-refractivity contribution in [3.8, 4) is 41.2 Å². The van der Waals surface area contributed by atoms with Crippen molar-refractivity contribution in [2.24, 2.45) is 5.92 Å². The number of halogens is 2. The maximum atomic E-state index is 16.9. The van der Waals surface area contributed by atoms with Gasteiger partial charge in [0.2, 0.25) is 5.91 Å². The maximum Gasteiger partial charge on any atom is 0.319 e. The molecule has 0 saturated carbocycles. The van der Waals surface area contributed by atoms with Crippen LogP contribution in [0.25, 0.3) is 32.9 Å². The van der Waals surface area contributed by atoms with E-state index in [9.17, 15) is 14.3 Å². The summed E-state index contributed by atoms with van der Waals surface area (Å²) in [5.41, 5.74) is 0.00143. The van der Waals surface area contributed by atoms with E-state index in [0.29, 0.717) is 72.5 Å². The molecule has 3 aromatic heterocycles. The number of rotatable bonds is 11. The van der Waals surface area contributed by atoms with Gasteiger partial charge in [0.25, 0.3) is 5.88 Å². The number of phenolic OH excluding ortho intramolecular Hbond substituents is 1. The van der Waals surface area contributed by atoms with Crippen LogP contribution in [0.5, 0.6) is 17.6 Å². The molecule has 13 nitrogen and oxygen atoms in total. The standard InChI is InChI=1S/C43H46F2N8O5/c1-3-32-35(44)9-6-27-17-30(54)18-33(38(27)32)40-39(45)41-34(21-46-40)42(52-22-28-7-8-29(23-52)47-28)49-43(48-41)56-16-15-51-13-10-26(11-14-51)24-57-36-19-31(58-50-36)20-37(55)53-12-4-5-25(53)2/h1,6,9,17-19,21,25-26,28-29,47,54H,4-5,7-8,10-16,20,22-24H2,2H3. The van der Waals surface area contributed by atoms with Crippen molar-refractivity contribution in [3.05, 3.63) is 59.5 Å². The molecular weight excluding hydrogens is 747 g/mol. The summed E-state index contributed by atoms with van der Waals surface area (Å²) in [7, 11) is 0. The van der Waals surface area contributed by atoms with Crippen molar-refractivity contribution in [3.63, 3.8) is 0 Å². The molecular formula is C43H46F2N8O5. The average molecular weight is 793 g/mol. The molecule has 7 heterocycles. The summed E-state index contributed by atoms with van der Waals surface area (Å²) in [5.74, 6) is 2.71. The van der Waals surface area contributed by atoms with Crippen LogP contribution in [0, 0.1) is 29.9 Å². The number of aromatic nitrogens is 4. The fraction of sp³-hybridized carbons (Fsp3) is 0.465. The number of nitrogens with zero attached hydrogens (tertiary/aromatic N) is 7. The molecule has 0 radical (unpaired) electrons. The minimum Gasteiger partial charge on any atom is -0.508 e. The lowest BCUT2D eigenvalue weighted by Gasteiger charge is -2.34. The second kappa shape index (κ2) is 16.0. The van der Waals surface area contributed by atoms with Gasteiger partial charge in [0.1, 0.15) is 41.0 Å². The average Bonchev–Trinajstić information content (AvgIpc) is 3.96. The van der Waals surface area contributed by atoms with E-state index < -0.39 is 11.6 Å². The first-order chi connectivity index (χ1) is 28.2. The van der Waals surface area contributed by atoms with Crippen LogP contribution < -0.4 is 19.7 Å². The number of amides is 1. The van der Waals surface area contributed by atoms with E-state index in [2.05, 4.69) is 43.1 Å². The Bertz CT molecular complexity index is 2380. The molecule has 3 atom stereocenters. The van der Waals surface area contributed by atoms with Crippen LogP contribution in [-0.2, 0) is 11.2 Å². The molecule has 9 rings (SSSR count). The van der Waals surface area contributed by atoms with Gasteiger partial charge in [-0.25, -0.2) is 8.78 Å². The lowest BCUT2D eigenvalue weighted by molar-refractivity contribution is -0.131. The summed E-state index contributed by atoms with van der Waals surface area (Å²) in [4.78, 5) is 33.0. The number of fused-ring (bicyclic) bond motifs is 4. The van der Waals surface area contributed by atoms with Crippen molar-refractivity contribution < 1.29 is 32.7 Å². The number of terminal acetylenes is 1. The van der Waals surface area contributed by atoms with Crippen molar-refractivity contribution in [2.75, 3.05) is 57.4 Å². The molecule has 2 aromatic carbocycles. The van der Waals surface area contributed by atoms with Gasteiger partial charge < -0.3 is 34.2 Å². The summed E-state index contributed by atoms with van der Waals surface area (Å²) in [6, 6.07) is 8.12. The number of aromatic hydroxyl groups is 1. The first kappa shape index (κ1) is 38.0. The predicted octanol–water partition coefficient (Wildman–Crippen LogP) is 5.46. The summed E-state index contributed by atoms with van der Waals surface area (Å²) < 4.78 is 49.3. The SMILES string of the molecule is C#Cc1c(F)ccc2cc(O)cc(-c3ncc4c(N5CC6CCC(C5)N6)nc(OCCN5CCC(COc6cc(CC(=O)N7CCCC7C)on6)CC5)nc4c3F)c12. The highest BCUT2D eigenvalue weighted by Gasteiger charge is 2.34. The Labute approximate surface area is 334 Å². The van der Waals surface area contributed by atoms with Crippen LogP contribution in [0.3, 0.4) is 0 Å². The highest BCUT2D eigenvalue weighted by Crippen LogP contribution is 2.39. The van der Waals surface area contributed by atoms with Gasteiger partial charge in [-0.1, -0.05) is 12.0 Å². The highest BCUT2D eigenvalue weighted by molar-refractivity contribution is 6.03. The van der Waals surface area contributed by atoms with E-state index >= 15 is 4.39 Å². The van der Waals surface area contributed by atoms with Gasteiger partial charge in [0.05, 0.1) is 24.0 Å². The van der Waals surface area contributed by atoms with E-state index in [-0.39, 0.29) is 64.5 Å². The number of ether oxygens (including phenoxy) is 2. The Kier molecular flexibility index (Phi) is 10.5. The van der Waals surface area contributed by atoms with Crippen molar-refractivity contribution >= 4 is 33.4 Å². The number of hydrogen-bond donors (Lipinski definition) is 2. The number of phenols is 1. The van der Waals surface area contributed by atoms with Gasteiger partial charge in [-0.3, -0.25) is 14.7 Å². The van der Waals surface area contributed by atoms with E-state index in [1.54, 1.807) is 6.07 Å². The number of likely N-dealkylation sites (tertiary alicyclic amines) is 2. The summed E-state index contributed by atoms with van der Waals surface area (Å²) in [5, 5.41) is 19.4. The zero-order chi connectivity index (χ0) is 39.9. The lowest BCUT2D eigenvalue weighted by atomic mass is 9.96. The fourth-order valence-electron chi connectivity index (χ4n) is 9.08. The molecule has 2 N–H and O–H groups in total. The van der Waals surface area contributed by atoms with Crippen molar-refractivity contribution in [1.82, 2.24) is 35.2 Å². The molecule has 0 aliphatic carbocycles. The second-order valence-electron chi connectivity index (χ2n) is 16.0. The number of anilines is 1. The maximum absolute atomic E-state index is 16.9. The molecule has 4 aliphatic heterocycles. The second-order valence-corrected chi connectivity index (χ2v) is 16.0. The van der Waals surface area contributed by atoms with Gasteiger partial charge in [0, 0.05) is 67.5 Å². The third-order valence-corrected chi connectivity index (χ3v) is 12.2. The van der Waals surface area contributed by atoms with E-state index in [1.807, 2.05) is 4.90 Å². The molecule has 3 unspecified atom stereocenters. The van der Waals surface area contributed by atoms with E-state index in [1.165, 1.54) is 30.5 Å². The molecule has 4 aliphatic rings. The molecule has 58 heavy (non-hydrogen) atoms. The largest absolute Gasteiger partial charge is 0.508 e. The Morgan fingerprint density at radius 1 is 1.05 bits per heavy atom. The van der Waals surface area contributed by atoms with Crippen molar-refractivity contribution in [1.29, 1.82) is 0 Å². The molecule has 2 bridgehead atoms. The van der Waals surface area contributed by atoms with Crippen LogP contribution in [0.1, 0.15) is 56.8 Å². The fourth-order valence-corrected chi connectivity index (χ4v) is 9.08. The third-order valence-electron chi connectivity index (χ3n) is 12.2. The monoisotopic (exact) mass is 792 g/mol. The number of piperidine rings is 1. The number of pyridine rings is 1. The lowest BCUT2D eigenvalue weighted by Crippen LogP contribution is -2.51. The Balaban J connectivity index is 0.877. The minimum atomic E-state index is -0.750. The molecule has 302 valence electrons. The van der Waals surface area contributed by atoms with Crippen LogP contribution >= 0.6 is 0 Å². The molecule has 4 fully saturated rings. The van der Waals surface area contributed by atoms with Gasteiger partial charge in [-0.2, -0.15) is 9.97 Å². The van der Waals surface area contributed by atoms with Crippen LogP contribution in [-0.4, -0.2) is 112 Å². The minimum absolute atomic E-state index is 0.0128. The number of carbonyl (C=O) groups excluding carboxylic acids is 1. The molecule has 0 spiro atoms. The normalized spacial score (nSPS) is 21.2. The smallest absolute Gasteiger partial charge is 0.319 e. The number of carbonyl (C=O) groups is 1. The van der Waals surface area contributed by atoms with Crippen LogP contribution in [0.4, 0.5) is 14.6 Å². The molecule has 4 saturated heterocycles. The zero-order valence-corrected chi connectivity index (χ0v) is 32.4. The summed E-state index contributed by atoms with van der Waals surface area (Å²) in [6.45, 7) is 7.37. The Morgan fingerprint density at radius 2 is 1.86 bits per heavy atom. The zero-order valence-electron chi connectivity index (χ0n) is 32.4. The first-order valence-corrected chi connectivity index (χ1v) is 20.2. The Hall–Kier alpha value is -5.59. The van der Waals surface area contributed by atoms with E-state index in [4.69, 9.17) is 25.4 Å². The topological polar surface area (TPSA) is 142 Å². The summed E-state index contributed by atoms with van der Waals surface area (Å²) >= 11 is 0. The van der Waals surface area contributed by atoms with Crippen LogP contribution in [0.15, 0.2) is 41.1 Å². The highest BCUT2D eigenvalue weighted by atomic mass is 19.1. The predicted molar refractivity (Wildman–Crippen MR) is 213 cm³/mol. The quantitative estimate of drug-likeness (QED) is 0.164.